The summed E-state index contributed by atoms with van der Waals surface area (Å²) in [5, 5.41) is 0. The van der Waals surface area contributed by atoms with Crippen LogP contribution in [0.15, 0.2) is 29.3 Å². The van der Waals surface area contributed by atoms with Crippen molar-refractivity contribution in [2.75, 3.05) is 33.3 Å². The van der Waals surface area contributed by atoms with Crippen molar-refractivity contribution in [3.05, 3.63) is 24.3 Å². The van der Waals surface area contributed by atoms with Gasteiger partial charge in [0, 0.05) is 0 Å². The topological polar surface area (TPSA) is 78.8 Å². The summed E-state index contributed by atoms with van der Waals surface area (Å²) in [6, 6.07) is 0. The van der Waals surface area contributed by atoms with Crippen LogP contribution in [-0.2, 0) is 14.6 Å². The molecule has 0 aromatic carbocycles. The molecule has 0 aromatic heterocycles. The smallest absolute Gasteiger partial charge is 0.217 e. The van der Waals surface area contributed by atoms with E-state index in [1.54, 1.807) is 0 Å². The standard InChI is InChI=1S/C39H75N2.CH4O4S/c1-3-5-7-9-11-13-15-17-19-21-23-25-27-29-31-33-36-41(38-35-40-39-41)37-34-32-30-28-26-24-22-20-18-16-14-12-10-8-6-4-2;1-5-6(2,3)4/h17-20,39H,3-16,21-38H2,1-2H3;1H3,(H,2,3,4)/q+1;/p-1/b19-17-,20-18-;. The maximum Gasteiger partial charge on any atom is 0.217 e. The molecule has 0 atom stereocenters. The molecule has 0 aromatic rings. The fraction of sp³-hybridized carbons (Fsp3) is 0.875. The predicted molar refractivity (Wildman–Crippen MR) is 204 cm³/mol. The number of aliphatic imine (C=N–C) groups is 1. The Hall–Kier alpha value is -1.02. The van der Waals surface area contributed by atoms with Crippen LogP contribution in [0.25, 0.3) is 0 Å². The zero-order chi connectivity index (χ0) is 34.6. The molecule has 0 saturated heterocycles. The highest BCUT2D eigenvalue weighted by Crippen LogP contribution is 2.17. The minimum atomic E-state index is -4.41. The molecule has 0 bridgehead atoms. The van der Waals surface area contributed by atoms with E-state index in [0.717, 1.165) is 13.7 Å². The minimum Gasteiger partial charge on any atom is -0.726 e. The van der Waals surface area contributed by atoms with Gasteiger partial charge in [0.1, 0.15) is 6.54 Å². The van der Waals surface area contributed by atoms with Crippen molar-refractivity contribution in [1.82, 2.24) is 0 Å². The molecule has 0 saturated carbocycles. The van der Waals surface area contributed by atoms with Gasteiger partial charge < -0.3 is 4.55 Å². The molecule has 47 heavy (non-hydrogen) atoms. The second-order valence-corrected chi connectivity index (χ2v) is 15.0. The number of allylic oxidation sites excluding steroid dienone is 4. The Balaban J connectivity index is 0.00000320. The highest BCUT2D eigenvalue weighted by molar-refractivity contribution is 7.80. The maximum atomic E-state index is 9.22. The van der Waals surface area contributed by atoms with E-state index in [0.29, 0.717) is 0 Å². The maximum absolute atomic E-state index is 9.22. The van der Waals surface area contributed by atoms with Crippen LogP contribution in [0.3, 0.4) is 0 Å². The predicted octanol–water partition coefficient (Wildman–Crippen LogP) is 12.0. The molecule has 1 heterocycles. The van der Waals surface area contributed by atoms with Crippen LogP contribution in [0.4, 0.5) is 0 Å². The lowest BCUT2D eigenvalue weighted by Crippen LogP contribution is -2.46. The summed E-state index contributed by atoms with van der Waals surface area (Å²) < 4.78 is 32.2. The molecule has 1 aliphatic heterocycles. The van der Waals surface area contributed by atoms with E-state index in [4.69, 9.17) is 0 Å². The molecule has 1 rings (SSSR count). The Morgan fingerprint density at radius 2 is 0.872 bits per heavy atom. The van der Waals surface area contributed by atoms with Crippen molar-refractivity contribution in [1.29, 1.82) is 0 Å². The van der Waals surface area contributed by atoms with Crippen molar-refractivity contribution in [3.8, 4) is 0 Å². The van der Waals surface area contributed by atoms with Crippen LogP contribution >= 0.6 is 0 Å². The molecular weight excluding hydrogens is 605 g/mol. The lowest BCUT2D eigenvalue weighted by Gasteiger charge is -2.30. The molecule has 0 unspecified atom stereocenters. The van der Waals surface area contributed by atoms with Gasteiger partial charge >= 0.3 is 0 Å². The van der Waals surface area contributed by atoms with Crippen molar-refractivity contribution >= 4 is 16.7 Å². The van der Waals surface area contributed by atoms with E-state index in [1.165, 1.54) is 204 Å². The van der Waals surface area contributed by atoms with Crippen LogP contribution in [0.2, 0.25) is 0 Å². The Labute approximate surface area is 293 Å². The third-order valence-electron chi connectivity index (χ3n) is 9.44. The zero-order valence-electron chi connectivity index (χ0n) is 31.4. The summed E-state index contributed by atoms with van der Waals surface area (Å²) in [5.74, 6) is 0. The number of nitrogens with zero attached hydrogens (tertiary/aromatic N) is 2. The normalized spacial score (nSPS) is 14.4. The number of hydrogen-bond donors (Lipinski definition) is 0. The van der Waals surface area contributed by atoms with Crippen LogP contribution < -0.4 is 0 Å². The lowest BCUT2D eigenvalue weighted by molar-refractivity contribution is -0.829. The van der Waals surface area contributed by atoms with E-state index in [1.807, 2.05) is 0 Å². The van der Waals surface area contributed by atoms with Crippen molar-refractivity contribution in [2.45, 2.75) is 194 Å². The fourth-order valence-corrected chi connectivity index (χ4v) is 6.34. The first kappa shape index (κ1) is 46.0. The second-order valence-electron chi connectivity index (χ2n) is 13.9. The SMILES string of the molecule is CCCCCCCC/C=C\CCCCCCCC[N+]1(CCCCCCCC/C=C\CCCCCCCC)C=NCC1.COS(=O)(=O)[O-]. The molecule has 0 fully saturated rings. The third kappa shape index (κ3) is 34.6. The van der Waals surface area contributed by atoms with Gasteiger partial charge in [-0.3, -0.25) is 8.67 Å². The summed E-state index contributed by atoms with van der Waals surface area (Å²) >= 11 is 0. The third-order valence-corrected chi connectivity index (χ3v) is 9.84. The monoisotopic (exact) mass is 683 g/mol. The number of quaternary nitrogens is 1. The average molecular weight is 683 g/mol. The molecule has 0 spiro atoms. The van der Waals surface area contributed by atoms with Gasteiger partial charge in [-0.05, 0) is 77.0 Å². The quantitative estimate of drug-likeness (QED) is 0.0227. The first-order chi connectivity index (χ1) is 22.9. The van der Waals surface area contributed by atoms with Crippen LogP contribution in [0, 0.1) is 0 Å². The van der Waals surface area contributed by atoms with E-state index >= 15 is 0 Å². The molecular formula is C40H78N2O4S. The highest BCUT2D eigenvalue weighted by Gasteiger charge is 2.27. The summed E-state index contributed by atoms with van der Waals surface area (Å²) in [4.78, 5) is 4.66. The van der Waals surface area contributed by atoms with Crippen LogP contribution in [0.5, 0.6) is 0 Å². The van der Waals surface area contributed by atoms with E-state index in [2.05, 4.69) is 53.7 Å². The molecule has 0 radical (unpaired) electrons. The van der Waals surface area contributed by atoms with Gasteiger partial charge in [-0.15, -0.1) is 0 Å². The van der Waals surface area contributed by atoms with Gasteiger partial charge in [-0.25, -0.2) is 13.4 Å². The largest absolute Gasteiger partial charge is 0.726 e. The van der Waals surface area contributed by atoms with Gasteiger partial charge in [0.05, 0.1) is 26.7 Å². The number of rotatable bonds is 33. The summed E-state index contributed by atoms with van der Waals surface area (Å²) in [6.07, 6.45) is 51.1. The van der Waals surface area contributed by atoms with E-state index < -0.39 is 10.4 Å². The van der Waals surface area contributed by atoms with Crippen molar-refractivity contribution in [3.63, 3.8) is 0 Å². The molecule has 1 aliphatic rings. The summed E-state index contributed by atoms with van der Waals surface area (Å²) in [7, 11) is -3.60. The lowest BCUT2D eigenvalue weighted by atomic mass is 10.1. The fourth-order valence-electron chi connectivity index (χ4n) is 6.34. The highest BCUT2D eigenvalue weighted by atomic mass is 32.3. The van der Waals surface area contributed by atoms with E-state index in [9.17, 15) is 13.0 Å². The average Bonchev–Trinajstić information content (AvgIpc) is 3.53. The molecule has 6 nitrogen and oxygen atoms in total. The van der Waals surface area contributed by atoms with Gasteiger partial charge in [0.25, 0.3) is 0 Å². The first-order valence-corrected chi connectivity index (χ1v) is 21.4. The minimum absolute atomic E-state index is 0.808. The Morgan fingerprint density at radius 3 is 1.15 bits per heavy atom. The van der Waals surface area contributed by atoms with Crippen molar-refractivity contribution < 1.29 is 21.6 Å². The molecule has 0 N–H and O–H groups in total. The number of hydrogen-bond acceptors (Lipinski definition) is 5. The van der Waals surface area contributed by atoms with Crippen LogP contribution in [0.1, 0.15) is 194 Å². The molecule has 278 valence electrons. The van der Waals surface area contributed by atoms with Gasteiger partial charge in [-0.1, -0.05) is 141 Å². The van der Waals surface area contributed by atoms with E-state index in [-0.39, 0.29) is 0 Å². The van der Waals surface area contributed by atoms with Gasteiger partial charge in [0.2, 0.25) is 10.4 Å². The van der Waals surface area contributed by atoms with Gasteiger partial charge in [0.15, 0.2) is 6.34 Å². The summed E-state index contributed by atoms with van der Waals surface area (Å²) in [6.45, 7) is 9.57. The molecule has 7 heteroatoms. The molecule has 0 amide bonds. The van der Waals surface area contributed by atoms with Crippen molar-refractivity contribution in [2.24, 2.45) is 4.99 Å². The Bertz CT molecular complexity index is 799. The first-order valence-electron chi connectivity index (χ1n) is 20.1. The second kappa shape index (κ2) is 34.8. The Kier molecular flexibility index (Phi) is 34.1. The zero-order valence-corrected chi connectivity index (χ0v) is 32.3. The summed E-state index contributed by atoms with van der Waals surface area (Å²) in [5.41, 5.74) is 0. The number of unbranched alkanes of at least 4 members (excludes halogenated alkanes) is 24. The molecule has 0 aliphatic carbocycles. The van der Waals surface area contributed by atoms with Crippen LogP contribution in [-0.4, -0.2) is 57.1 Å². The van der Waals surface area contributed by atoms with Gasteiger partial charge in [-0.2, -0.15) is 0 Å². The Morgan fingerprint density at radius 1 is 0.574 bits per heavy atom.